The van der Waals surface area contributed by atoms with Crippen molar-refractivity contribution in [2.75, 3.05) is 24.4 Å². The van der Waals surface area contributed by atoms with E-state index in [1.54, 1.807) is 24.1 Å². The van der Waals surface area contributed by atoms with Crippen LogP contribution in [0.3, 0.4) is 0 Å². The van der Waals surface area contributed by atoms with Crippen LogP contribution < -0.4 is 20.1 Å². The Hall–Kier alpha value is -2.69. The van der Waals surface area contributed by atoms with Gasteiger partial charge in [-0.25, -0.2) is 0 Å². The van der Waals surface area contributed by atoms with Gasteiger partial charge in [-0.2, -0.15) is 0 Å². The van der Waals surface area contributed by atoms with E-state index in [-0.39, 0.29) is 12.5 Å². The number of benzene rings is 2. The van der Waals surface area contributed by atoms with Gasteiger partial charge in [0.05, 0.1) is 19.3 Å². The number of anilines is 2. The number of amides is 1. The highest BCUT2D eigenvalue weighted by atomic mass is 16.5. The fourth-order valence-electron chi connectivity index (χ4n) is 2.39. The molecule has 0 radical (unpaired) electrons. The lowest BCUT2D eigenvalue weighted by molar-refractivity contribution is -0.121. The lowest BCUT2D eigenvalue weighted by Crippen LogP contribution is -2.38. The van der Waals surface area contributed by atoms with Gasteiger partial charge in [0.15, 0.2) is 6.61 Å². The van der Waals surface area contributed by atoms with Gasteiger partial charge in [-0.3, -0.25) is 4.79 Å². The molecule has 2 aromatic rings. The number of para-hydroxylation sites is 2. The number of methoxy groups -OCH3 is 1. The molecular formula is C16H16N2O3. The first kappa shape index (κ1) is 13.3. The van der Waals surface area contributed by atoms with Crippen LogP contribution in [0, 0.1) is 0 Å². The number of rotatable bonds is 3. The lowest BCUT2D eigenvalue weighted by Gasteiger charge is -2.29. The number of nitrogens with two attached hydrogens (primary N) is 1. The number of carbonyl (C=O) groups is 1. The molecule has 0 unspecified atom stereocenters. The Morgan fingerprint density at radius 2 is 2.10 bits per heavy atom. The molecule has 0 bridgehead atoms. The highest BCUT2D eigenvalue weighted by molar-refractivity contribution is 5.97. The first-order chi connectivity index (χ1) is 10.2. The Bertz CT molecular complexity index is 685. The molecule has 1 heterocycles. The molecule has 108 valence electrons. The molecule has 1 aliphatic heterocycles. The summed E-state index contributed by atoms with van der Waals surface area (Å²) in [5.41, 5.74) is 8.06. The highest BCUT2D eigenvalue weighted by Gasteiger charge is 2.25. The third-order valence-corrected chi connectivity index (χ3v) is 3.45. The first-order valence-electron chi connectivity index (χ1n) is 6.63. The van der Waals surface area contributed by atoms with Crippen LogP contribution >= 0.6 is 0 Å². The predicted molar refractivity (Wildman–Crippen MR) is 80.5 cm³/mol. The molecule has 0 saturated heterocycles. The first-order valence-corrected chi connectivity index (χ1v) is 6.63. The van der Waals surface area contributed by atoms with Crippen molar-refractivity contribution in [3.8, 4) is 11.5 Å². The molecule has 1 amide bonds. The van der Waals surface area contributed by atoms with Gasteiger partial charge < -0.3 is 20.1 Å². The van der Waals surface area contributed by atoms with Crippen molar-refractivity contribution in [2.45, 2.75) is 6.54 Å². The molecule has 21 heavy (non-hydrogen) atoms. The highest BCUT2D eigenvalue weighted by Crippen LogP contribution is 2.34. The van der Waals surface area contributed by atoms with E-state index in [1.165, 1.54) is 0 Å². The van der Waals surface area contributed by atoms with Crippen molar-refractivity contribution < 1.29 is 14.3 Å². The van der Waals surface area contributed by atoms with E-state index in [9.17, 15) is 4.79 Å². The molecule has 5 heteroatoms. The summed E-state index contributed by atoms with van der Waals surface area (Å²) >= 11 is 0. The van der Waals surface area contributed by atoms with E-state index in [4.69, 9.17) is 15.2 Å². The number of hydrogen-bond donors (Lipinski definition) is 1. The fourth-order valence-corrected chi connectivity index (χ4v) is 2.39. The second-order valence-electron chi connectivity index (χ2n) is 4.81. The normalized spacial score (nSPS) is 13.6. The van der Waals surface area contributed by atoms with Crippen LogP contribution in [0.15, 0.2) is 42.5 Å². The number of hydrogen-bond acceptors (Lipinski definition) is 4. The standard InChI is InChI=1S/C16H16N2O3/c1-20-15-8-12(17)7-6-11(15)9-18-13-4-2-3-5-14(13)21-10-16(18)19/h2-8H,9-10,17H2,1H3. The second-order valence-corrected chi connectivity index (χ2v) is 4.81. The van der Waals surface area contributed by atoms with Crippen molar-refractivity contribution >= 4 is 17.3 Å². The maximum Gasteiger partial charge on any atom is 0.265 e. The molecule has 0 spiro atoms. The number of carbonyl (C=O) groups excluding carboxylic acids is 1. The monoisotopic (exact) mass is 284 g/mol. The number of nitrogens with zero attached hydrogens (tertiary/aromatic N) is 1. The maximum absolute atomic E-state index is 12.2. The van der Waals surface area contributed by atoms with Crippen molar-refractivity contribution in [3.63, 3.8) is 0 Å². The van der Waals surface area contributed by atoms with E-state index in [2.05, 4.69) is 0 Å². The van der Waals surface area contributed by atoms with Gasteiger partial charge in [-0.1, -0.05) is 18.2 Å². The van der Waals surface area contributed by atoms with Crippen molar-refractivity contribution in [1.29, 1.82) is 0 Å². The quantitative estimate of drug-likeness (QED) is 0.878. The van der Waals surface area contributed by atoms with Crippen LogP contribution in [0.25, 0.3) is 0 Å². The third-order valence-electron chi connectivity index (χ3n) is 3.45. The third kappa shape index (κ3) is 2.50. The van der Waals surface area contributed by atoms with E-state index in [0.717, 1.165) is 11.3 Å². The summed E-state index contributed by atoms with van der Waals surface area (Å²) in [5.74, 6) is 1.31. The van der Waals surface area contributed by atoms with Crippen LogP contribution in [-0.4, -0.2) is 19.6 Å². The smallest absolute Gasteiger partial charge is 0.265 e. The molecular weight excluding hydrogens is 268 g/mol. The summed E-state index contributed by atoms with van der Waals surface area (Å²) in [7, 11) is 1.59. The minimum atomic E-state index is -0.0763. The molecule has 0 aromatic heterocycles. The van der Waals surface area contributed by atoms with E-state index < -0.39 is 0 Å². The van der Waals surface area contributed by atoms with Crippen molar-refractivity contribution in [3.05, 3.63) is 48.0 Å². The number of ether oxygens (including phenoxy) is 2. The maximum atomic E-state index is 12.2. The Morgan fingerprint density at radius 3 is 2.90 bits per heavy atom. The van der Waals surface area contributed by atoms with Crippen LogP contribution in [0.1, 0.15) is 5.56 Å². The minimum absolute atomic E-state index is 0.0499. The Balaban J connectivity index is 1.96. The van der Waals surface area contributed by atoms with Gasteiger partial charge in [0.2, 0.25) is 0 Å². The molecule has 2 aromatic carbocycles. The largest absolute Gasteiger partial charge is 0.496 e. The van der Waals surface area contributed by atoms with Crippen LogP contribution in [0.5, 0.6) is 11.5 Å². The van der Waals surface area contributed by atoms with Crippen molar-refractivity contribution in [1.82, 2.24) is 0 Å². The van der Waals surface area contributed by atoms with Crippen LogP contribution in [0.2, 0.25) is 0 Å². The molecule has 0 saturated carbocycles. The molecule has 5 nitrogen and oxygen atoms in total. The number of nitrogen functional groups attached to an aromatic ring is 1. The molecule has 2 N–H and O–H groups in total. The van der Waals surface area contributed by atoms with Gasteiger partial charge in [-0.15, -0.1) is 0 Å². The van der Waals surface area contributed by atoms with E-state index in [1.807, 2.05) is 30.3 Å². The molecule has 0 aliphatic carbocycles. The fraction of sp³-hybridized carbons (Fsp3) is 0.188. The Morgan fingerprint density at radius 1 is 1.29 bits per heavy atom. The molecule has 3 rings (SSSR count). The summed E-state index contributed by atoms with van der Waals surface area (Å²) in [6, 6.07) is 12.9. The topological polar surface area (TPSA) is 64.8 Å². The Kier molecular flexibility index (Phi) is 3.39. The summed E-state index contributed by atoms with van der Waals surface area (Å²) in [4.78, 5) is 13.9. The Labute approximate surface area is 122 Å². The minimum Gasteiger partial charge on any atom is -0.496 e. The van der Waals surface area contributed by atoms with Crippen LogP contribution in [0.4, 0.5) is 11.4 Å². The van der Waals surface area contributed by atoms with E-state index >= 15 is 0 Å². The van der Waals surface area contributed by atoms with Gasteiger partial charge in [0.1, 0.15) is 11.5 Å². The van der Waals surface area contributed by atoms with Gasteiger partial charge in [0.25, 0.3) is 5.91 Å². The predicted octanol–water partition coefficient (Wildman–Crippen LogP) is 2.20. The summed E-state index contributed by atoms with van der Waals surface area (Å²) < 4.78 is 10.8. The van der Waals surface area contributed by atoms with Gasteiger partial charge in [0, 0.05) is 17.3 Å². The molecule has 0 fully saturated rings. The van der Waals surface area contributed by atoms with Crippen molar-refractivity contribution in [2.24, 2.45) is 0 Å². The zero-order valence-electron chi connectivity index (χ0n) is 11.7. The lowest BCUT2D eigenvalue weighted by atomic mass is 10.1. The van der Waals surface area contributed by atoms with Crippen LogP contribution in [-0.2, 0) is 11.3 Å². The zero-order valence-corrected chi connectivity index (χ0v) is 11.7. The summed E-state index contributed by atoms with van der Waals surface area (Å²) in [5, 5.41) is 0. The summed E-state index contributed by atoms with van der Waals surface area (Å²) in [6.07, 6.45) is 0. The second kappa shape index (κ2) is 5.36. The average Bonchev–Trinajstić information content (AvgIpc) is 2.51. The molecule has 1 aliphatic rings. The number of fused-ring (bicyclic) bond motifs is 1. The van der Waals surface area contributed by atoms with E-state index in [0.29, 0.717) is 23.7 Å². The SMILES string of the molecule is COc1cc(N)ccc1CN1C(=O)COc2ccccc21. The van der Waals surface area contributed by atoms with Gasteiger partial charge in [-0.05, 0) is 18.2 Å². The summed E-state index contributed by atoms with van der Waals surface area (Å²) in [6.45, 7) is 0.469. The average molecular weight is 284 g/mol. The van der Waals surface area contributed by atoms with Gasteiger partial charge >= 0.3 is 0 Å². The molecule has 0 atom stereocenters. The zero-order chi connectivity index (χ0) is 14.8.